The molecule has 0 radical (unpaired) electrons. The smallest absolute Gasteiger partial charge is 0.240 e. The predicted octanol–water partition coefficient (Wildman–Crippen LogP) is 1.36. The third kappa shape index (κ3) is 3.75. The van der Waals surface area contributed by atoms with E-state index in [1.54, 1.807) is 12.1 Å². The number of hydrogen-bond acceptors (Lipinski definition) is 3. The zero-order valence-electron chi connectivity index (χ0n) is 8.98. The fourth-order valence-corrected chi connectivity index (χ4v) is 2.47. The van der Waals surface area contributed by atoms with Gasteiger partial charge in [-0.15, -0.1) is 0 Å². The number of nitrogens with one attached hydrogen (secondary N) is 1. The first-order chi connectivity index (χ1) is 7.45. The number of rotatable bonds is 5. The lowest BCUT2D eigenvalue weighted by molar-refractivity contribution is 0.564. The maximum Gasteiger partial charge on any atom is 0.240 e. The van der Waals surface area contributed by atoms with Crippen molar-refractivity contribution >= 4 is 21.6 Å². The molecule has 0 heterocycles. The van der Waals surface area contributed by atoms with Crippen molar-refractivity contribution in [3.63, 3.8) is 0 Å². The highest BCUT2D eigenvalue weighted by molar-refractivity contribution is 7.89. The first-order valence-electron chi connectivity index (χ1n) is 4.96. The molecule has 3 N–H and O–H groups in total. The SMILES string of the molecule is CCC(N)CNS(=O)(=O)c1cccc(Cl)c1. The first-order valence-corrected chi connectivity index (χ1v) is 6.82. The lowest BCUT2D eigenvalue weighted by Gasteiger charge is -2.11. The van der Waals surface area contributed by atoms with Gasteiger partial charge in [-0.3, -0.25) is 0 Å². The van der Waals surface area contributed by atoms with Gasteiger partial charge in [-0.2, -0.15) is 0 Å². The molecule has 1 atom stereocenters. The Kier molecular flexibility index (Phi) is 4.73. The van der Waals surface area contributed by atoms with Gasteiger partial charge in [0.05, 0.1) is 4.90 Å². The molecule has 0 aliphatic rings. The summed E-state index contributed by atoms with van der Waals surface area (Å²) in [4.78, 5) is 0.156. The van der Waals surface area contributed by atoms with Crippen LogP contribution in [0.2, 0.25) is 5.02 Å². The summed E-state index contributed by atoms with van der Waals surface area (Å²) in [6.45, 7) is 2.13. The Balaban J connectivity index is 2.78. The highest BCUT2D eigenvalue weighted by Gasteiger charge is 2.14. The van der Waals surface area contributed by atoms with E-state index in [0.29, 0.717) is 5.02 Å². The van der Waals surface area contributed by atoms with E-state index >= 15 is 0 Å². The Bertz CT molecular complexity index is 448. The van der Waals surface area contributed by atoms with Crippen molar-refractivity contribution in [1.82, 2.24) is 4.72 Å². The summed E-state index contributed by atoms with van der Waals surface area (Å²) < 4.78 is 26.0. The monoisotopic (exact) mass is 262 g/mol. The Morgan fingerprint density at radius 1 is 1.50 bits per heavy atom. The molecule has 1 unspecified atom stereocenters. The zero-order chi connectivity index (χ0) is 12.2. The summed E-state index contributed by atoms with van der Waals surface area (Å²) in [5.74, 6) is 0. The van der Waals surface area contributed by atoms with Gasteiger partial charge in [0.2, 0.25) is 10.0 Å². The van der Waals surface area contributed by atoms with Crippen molar-refractivity contribution in [2.45, 2.75) is 24.3 Å². The van der Waals surface area contributed by atoms with Crippen LogP contribution in [-0.4, -0.2) is 21.0 Å². The number of halogens is 1. The zero-order valence-corrected chi connectivity index (χ0v) is 10.6. The van der Waals surface area contributed by atoms with Gasteiger partial charge in [0.25, 0.3) is 0 Å². The minimum atomic E-state index is -3.50. The van der Waals surface area contributed by atoms with Gasteiger partial charge in [-0.05, 0) is 24.6 Å². The van der Waals surface area contributed by atoms with Crippen molar-refractivity contribution in [3.05, 3.63) is 29.3 Å². The summed E-state index contributed by atoms with van der Waals surface area (Å²) >= 11 is 5.72. The summed E-state index contributed by atoms with van der Waals surface area (Å²) in [6, 6.07) is 5.94. The third-order valence-corrected chi connectivity index (χ3v) is 3.82. The van der Waals surface area contributed by atoms with Crippen LogP contribution in [0.1, 0.15) is 13.3 Å². The average molecular weight is 263 g/mol. The molecular formula is C10H15ClN2O2S. The minimum absolute atomic E-state index is 0.156. The van der Waals surface area contributed by atoms with Crippen molar-refractivity contribution < 1.29 is 8.42 Å². The van der Waals surface area contributed by atoms with Gasteiger partial charge < -0.3 is 5.73 Å². The van der Waals surface area contributed by atoms with Crippen molar-refractivity contribution in [3.8, 4) is 0 Å². The maximum absolute atomic E-state index is 11.8. The van der Waals surface area contributed by atoms with Crippen LogP contribution in [0.4, 0.5) is 0 Å². The molecule has 6 heteroatoms. The van der Waals surface area contributed by atoms with Crippen LogP contribution in [0.5, 0.6) is 0 Å². The molecule has 0 fully saturated rings. The molecule has 1 rings (SSSR count). The van der Waals surface area contributed by atoms with E-state index in [4.69, 9.17) is 17.3 Å². The Morgan fingerprint density at radius 3 is 2.75 bits per heavy atom. The lowest BCUT2D eigenvalue weighted by atomic mass is 10.2. The molecule has 0 saturated heterocycles. The summed E-state index contributed by atoms with van der Waals surface area (Å²) in [5.41, 5.74) is 5.64. The topological polar surface area (TPSA) is 72.2 Å². The van der Waals surface area contributed by atoms with Crippen LogP contribution < -0.4 is 10.5 Å². The standard InChI is InChI=1S/C10H15ClN2O2S/c1-2-9(12)7-13-16(14,15)10-5-3-4-8(11)6-10/h3-6,9,13H,2,7,12H2,1H3. The minimum Gasteiger partial charge on any atom is -0.327 e. The molecule has 0 spiro atoms. The van der Waals surface area contributed by atoms with E-state index < -0.39 is 10.0 Å². The van der Waals surface area contributed by atoms with Gasteiger partial charge >= 0.3 is 0 Å². The van der Waals surface area contributed by atoms with E-state index in [-0.39, 0.29) is 17.5 Å². The molecule has 0 aromatic heterocycles. The molecule has 1 aromatic rings. The van der Waals surface area contributed by atoms with Crippen LogP contribution in [0.3, 0.4) is 0 Å². The second-order valence-corrected chi connectivity index (χ2v) is 5.68. The lowest BCUT2D eigenvalue weighted by Crippen LogP contribution is -2.36. The Hall–Kier alpha value is -0.620. The number of hydrogen-bond donors (Lipinski definition) is 2. The molecule has 0 aliphatic heterocycles. The van der Waals surface area contributed by atoms with Crippen molar-refractivity contribution in [2.24, 2.45) is 5.73 Å². The maximum atomic E-state index is 11.8. The number of nitrogens with two attached hydrogens (primary N) is 1. The fraction of sp³-hybridized carbons (Fsp3) is 0.400. The molecule has 0 saturated carbocycles. The normalized spacial score (nSPS) is 13.7. The average Bonchev–Trinajstić information content (AvgIpc) is 2.26. The van der Waals surface area contributed by atoms with Crippen molar-refractivity contribution in [1.29, 1.82) is 0 Å². The van der Waals surface area contributed by atoms with Crippen LogP contribution >= 0.6 is 11.6 Å². The van der Waals surface area contributed by atoms with E-state index in [1.807, 2.05) is 6.92 Å². The molecule has 0 amide bonds. The predicted molar refractivity (Wildman–Crippen MR) is 64.9 cm³/mol. The van der Waals surface area contributed by atoms with Crippen LogP contribution in [-0.2, 0) is 10.0 Å². The molecule has 4 nitrogen and oxygen atoms in total. The van der Waals surface area contributed by atoms with Crippen LogP contribution in [0, 0.1) is 0 Å². The Morgan fingerprint density at radius 2 is 2.19 bits per heavy atom. The van der Waals surface area contributed by atoms with E-state index in [1.165, 1.54) is 12.1 Å². The van der Waals surface area contributed by atoms with E-state index in [9.17, 15) is 8.42 Å². The second-order valence-electron chi connectivity index (χ2n) is 3.48. The summed E-state index contributed by atoms with van der Waals surface area (Å²) in [5, 5.41) is 0.391. The van der Waals surface area contributed by atoms with Gasteiger partial charge in [-0.1, -0.05) is 24.6 Å². The second kappa shape index (κ2) is 5.63. The molecular weight excluding hydrogens is 248 g/mol. The summed E-state index contributed by atoms with van der Waals surface area (Å²) in [7, 11) is -3.50. The molecule has 16 heavy (non-hydrogen) atoms. The van der Waals surface area contributed by atoms with Gasteiger partial charge in [-0.25, -0.2) is 13.1 Å². The third-order valence-electron chi connectivity index (χ3n) is 2.17. The summed E-state index contributed by atoms with van der Waals surface area (Å²) in [6.07, 6.45) is 0.720. The molecule has 0 bridgehead atoms. The molecule has 1 aromatic carbocycles. The Labute approximate surface area is 101 Å². The van der Waals surface area contributed by atoms with Crippen molar-refractivity contribution in [2.75, 3.05) is 6.54 Å². The quantitative estimate of drug-likeness (QED) is 0.842. The number of sulfonamides is 1. The largest absolute Gasteiger partial charge is 0.327 e. The highest BCUT2D eigenvalue weighted by atomic mass is 35.5. The number of benzene rings is 1. The van der Waals surface area contributed by atoms with Crippen LogP contribution in [0.15, 0.2) is 29.2 Å². The van der Waals surface area contributed by atoms with Crippen LogP contribution in [0.25, 0.3) is 0 Å². The van der Waals surface area contributed by atoms with E-state index in [0.717, 1.165) is 6.42 Å². The molecule has 90 valence electrons. The molecule has 0 aliphatic carbocycles. The highest BCUT2D eigenvalue weighted by Crippen LogP contribution is 2.14. The fourth-order valence-electron chi connectivity index (χ4n) is 1.08. The van der Waals surface area contributed by atoms with Gasteiger partial charge in [0, 0.05) is 17.6 Å². The first kappa shape index (κ1) is 13.4. The van der Waals surface area contributed by atoms with Gasteiger partial charge in [0.15, 0.2) is 0 Å². The van der Waals surface area contributed by atoms with E-state index in [2.05, 4.69) is 4.72 Å². The van der Waals surface area contributed by atoms with Gasteiger partial charge in [0.1, 0.15) is 0 Å².